The molecule has 3 rings (SSSR count). The predicted octanol–water partition coefficient (Wildman–Crippen LogP) is 2.06. The van der Waals surface area contributed by atoms with Crippen LogP contribution in [0.15, 0.2) is 16.5 Å². The molecule has 2 aliphatic heterocycles. The van der Waals surface area contributed by atoms with E-state index in [9.17, 15) is 4.79 Å². The van der Waals surface area contributed by atoms with Crippen LogP contribution in [0.3, 0.4) is 0 Å². The SMILES string of the molecule is Cc1ccc(C(CNC(=O)[C@H]2NCCO[C@@H]2C)N2CCCC2)o1.Cl.Cl. The molecule has 25 heavy (non-hydrogen) atoms. The molecule has 2 saturated heterocycles. The number of furan rings is 1. The topological polar surface area (TPSA) is 66.7 Å². The predicted molar refractivity (Wildman–Crippen MR) is 102 cm³/mol. The number of carbonyl (C=O) groups is 1. The van der Waals surface area contributed by atoms with Crippen LogP contribution >= 0.6 is 24.8 Å². The molecule has 6 nitrogen and oxygen atoms in total. The van der Waals surface area contributed by atoms with Crippen molar-refractivity contribution in [2.75, 3.05) is 32.8 Å². The maximum absolute atomic E-state index is 12.5. The van der Waals surface area contributed by atoms with Crippen molar-refractivity contribution in [3.05, 3.63) is 23.7 Å². The average Bonchev–Trinajstić information content (AvgIpc) is 3.20. The number of morpholine rings is 1. The second-order valence-corrected chi connectivity index (χ2v) is 6.46. The first-order valence-electron chi connectivity index (χ1n) is 8.58. The molecule has 1 unspecified atom stereocenters. The third kappa shape index (κ3) is 5.59. The van der Waals surface area contributed by atoms with E-state index in [0.29, 0.717) is 13.2 Å². The van der Waals surface area contributed by atoms with Gasteiger partial charge in [-0.3, -0.25) is 9.69 Å². The number of hydrogen-bond donors (Lipinski definition) is 2. The highest BCUT2D eigenvalue weighted by molar-refractivity contribution is 5.85. The number of nitrogens with zero attached hydrogens (tertiary/aromatic N) is 1. The van der Waals surface area contributed by atoms with Crippen LogP contribution in [-0.2, 0) is 9.53 Å². The van der Waals surface area contributed by atoms with Crippen molar-refractivity contribution in [2.45, 2.75) is 44.9 Å². The molecular weight excluding hydrogens is 365 g/mol. The van der Waals surface area contributed by atoms with Crippen molar-refractivity contribution in [2.24, 2.45) is 0 Å². The van der Waals surface area contributed by atoms with E-state index in [2.05, 4.69) is 15.5 Å². The van der Waals surface area contributed by atoms with Crippen molar-refractivity contribution in [3.63, 3.8) is 0 Å². The molecule has 2 aliphatic rings. The summed E-state index contributed by atoms with van der Waals surface area (Å²) < 4.78 is 11.4. The van der Waals surface area contributed by atoms with Gasteiger partial charge in [-0.15, -0.1) is 24.8 Å². The fraction of sp³-hybridized carbons (Fsp3) is 0.706. The van der Waals surface area contributed by atoms with Gasteiger partial charge in [0.2, 0.25) is 5.91 Å². The van der Waals surface area contributed by atoms with E-state index < -0.39 is 0 Å². The van der Waals surface area contributed by atoms with Gasteiger partial charge >= 0.3 is 0 Å². The molecule has 1 aromatic rings. The summed E-state index contributed by atoms with van der Waals surface area (Å²) in [4.78, 5) is 14.9. The molecule has 1 aromatic heterocycles. The van der Waals surface area contributed by atoms with Crippen molar-refractivity contribution >= 4 is 30.7 Å². The Labute approximate surface area is 161 Å². The Balaban J connectivity index is 0.00000156. The standard InChI is InChI=1S/C17H27N3O3.2ClH/c1-12-5-6-15(23-12)14(20-8-3-4-9-20)11-19-17(21)16-13(2)22-10-7-18-16;;/h5-6,13-14,16,18H,3-4,7-11H2,1-2H3,(H,19,21);2*1H/t13-,14?,16+;;/m1../s1. The molecule has 2 fully saturated rings. The first kappa shape index (κ1) is 22.3. The molecule has 3 heterocycles. The number of carbonyl (C=O) groups excluding carboxylic acids is 1. The Bertz CT molecular complexity index is 535. The first-order valence-corrected chi connectivity index (χ1v) is 8.58. The second kappa shape index (κ2) is 10.4. The Morgan fingerprint density at radius 2 is 2.08 bits per heavy atom. The summed E-state index contributed by atoms with van der Waals surface area (Å²) in [7, 11) is 0. The lowest BCUT2D eigenvalue weighted by Gasteiger charge is -2.31. The molecule has 0 spiro atoms. The van der Waals surface area contributed by atoms with Crippen LogP contribution in [0.25, 0.3) is 0 Å². The fourth-order valence-corrected chi connectivity index (χ4v) is 3.43. The number of aryl methyl sites for hydroxylation is 1. The van der Waals surface area contributed by atoms with Gasteiger partial charge in [-0.25, -0.2) is 0 Å². The van der Waals surface area contributed by atoms with Crippen molar-refractivity contribution < 1.29 is 13.9 Å². The molecule has 0 bridgehead atoms. The highest BCUT2D eigenvalue weighted by atomic mass is 35.5. The molecule has 0 saturated carbocycles. The minimum Gasteiger partial charge on any atom is -0.465 e. The Morgan fingerprint density at radius 3 is 2.68 bits per heavy atom. The zero-order chi connectivity index (χ0) is 16.2. The van der Waals surface area contributed by atoms with E-state index in [4.69, 9.17) is 9.15 Å². The van der Waals surface area contributed by atoms with E-state index in [1.807, 2.05) is 26.0 Å². The fourth-order valence-electron chi connectivity index (χ4n) is 3.43. The van der Waals surface area contributed by atoms with Gasteiger partial charge in [0, 0.05) is 13.1 Å². The van der Waals surface area contributed by atoms with E-state index in [-0.39, 0.29) is 48.9 Å². The molecule has 0 radical (unpaired) electrons. The highest BCUT2D eigenvalue weighted by Crippen LogP contribution is 2.26. The highest BCUT2D eigenvalue weighted by Gasteiger charge is 2.31. The normalized spacial score (nSPS) is 24.9. The third-order valence-electron chi connectivity index (χ3n) is 4.74. The van der Waals surface area contributed by atoms with Gasteiger partial charge in [0.25, 0.3) is 0 Å². The van der Waals surface area contributed by atoms with Crippen LogP contribution in [0.1, 0.15) is 37.3 Å². The summed E-state index contributed by atoms with van der Waals surface area (Å²) in [6.07, 6.45) is 2.32. The van der Waals surface area contributed by atoms with Gasteiger partial charge in [-0.05, 0) is 51.9 Å². The van der Waals surface area contributed by atoms with Crippen LogP contribution in [0.2, 0.25) is 0 Å². The zero-order valence-corrected chi connectivity index (χ0v) is 16.5. The Kier molecular flexibility index (Phi) is 9.24. The minimum atomic E-state index is -0.277. The van der Waals surface area contributed by atoms with E-state index in [1.54, 1.807) is 0 Å². The Hall–Kier alpha value is -0.790. The number of nitrogens with one attached hydrogen (secondary N) is 2. The van der Waals surface area contributed by atoms with Crippen LogP contribution in [0.4, 0.5) is 0 Å². The lowest BCUT2D eigenvalue weighted by atomic mass is 10.1. The third-order valence-corrected chi connectivity index (χ3v) is 4.74. The summed E-state index contributed by atoms with van der Waals surface area (Å²) >= 11 is 0. The number of hydrogen-bond acceptors (Lipinski definition) is 5. The summed E-state index contributed by atoms with van der Waals surface area (Å²) in [5.74, 6) is 1.85. The van der Waals surface area contributed by atoms with Crippen molar-refractivity contribution in [1.82, 2.24) is 15.5 Å². The molecule has 2 N–H and O–H groups in total. The number of amides is 1. The van der Waals surface area contributed by atoms with Gasteiger partial charge in [0.15, 0.2) is 0 Å². The first-order chi connectivity index (χ1) is 11.1. The maximum atomic E-state index is 12.5. The maximum Gasteiger partial charge on any atom is 0.239 e. The number of likely N-dealkylation sites (tertiary alicyclic amines) is 1. The van der Waals surface area contributed by atoms with Gasteiger partial charge in [0.05, 0.1) is 18.8 Å². The zero-order valence-electron chi connectivity index (χ0n) is 14.8. The quantitative estimate of drug-likeness (QED) is 0.801. The van der Waals surface area contributed by atoms with Crippen LogP contribution in [-0.4, -0.2) is 55.7 Å². The summed E-state index contributed by atoms with van der Waals surface area (Å²) in [6, 6.07) is 3.84. The minimum absolute atomic E-state index is 0. The molecule has 0 aromatic carbocycles. The van der Waals surface area contributed by atoms with Crippen LogP contribution in [0.5, 0.6) is 0 Å². The van der Waals surface area contributed by atoms with Crippen LogP contribution < -0.4 is 10.6 Å². The second-order valence-electron chi connectivity index (χ2n) is 6.46. The number of rotatable bonds is 5. The number of halogens is 2. The molecule has 0 aliphatic carbocycles. The summed E-state index contributed by atoms with van der Waals surface area (Å²) in [5.41, 5.74) is 0. The van der Waals surface area contributed by atoms with Gasteiger partial charge in [-0.2, -0.15) is 0 Å². The van der Waals surface area contributed by atoms with Gasteiger partial charge in [0.1, 0.15) is 17.6 Å². The lowest BCUT2D eigenvalue weighted by Crippen LogP contribution is -2.56. The molecular formula is C17H29Cl2N3O3. The van der Waals surface area contributed by atoms with Crippen molar-refractivity contribution in [3.8, 4) is 0 Å². The van der Waals surface area contributed by atoms with Gasteiger partial charge in [-0.1, -0.05) is 0 Å². The summed E-state index contributed by atoms with van der Waals surface area (Å²) in [5, 5.41) is 6.32. The van der Waals surface area contributed by atoms with E-state index in [1.165, 1.54) is 12.8 Å². The van der Waals surface area contributed by atoms with E-state index >= 15 is 0 Å². The van der Waals surface area contributed by atoms with Crippen molar-refractivity contribution in [1.29, 1.82) is 0 Å². The average molecular weight is 394 g/mol. The molecule has 144 valence electrons. The molecule has 8 heteroatoms. The number of ether oxygens (including phenoxy) is 1. The summed E-state index contributed by atoms with van der Waals surface area (Å²) in [6.45, 7) is 7.94. The molecule has 3 atom stereocenters. The van der Waals surface area contributed by atoms with Gasteiger partial charge < -0.3 is 19.8 Å². The largest absolute Gasteiger partial charge is 0.465 e. The smallest absolute Gasteiger partial charge is 0.239 e. The van der Waals surface area contributed by atoms with E-state index in [0.717, 1.165) is 31.2 Å². The molecule has 1 amide bonds. The Morgan fingerprint density at radius 1 is 1.36 bits per heavy atom. The monoisotopic (exact) mass is 393 g/mol. The van der Waals surface area contributed by atoms with Crippen LogP contribution in [0, 0.1) is 6.92 Å². The lowest BCUT2D eigenvalue weighted by molar-refractivity contribution is -0.129.